The molecule has 0 atom stereocenters. The Morgan fingerprint density at radius 2 is 1.87 bits per heavy atom. The summed E-state index contributed by atoms with van der Waals surface area (Å²) in [5, 5.41) is 18.3. The fourth-order valence-electron chi connectivity index (χ4n) is 2.05. The molecule has 3 nitrogen and oxygen atoms in total. The van der Waals surface area contributed by atoms with Crippen LogP contribution in [0.25, 0.3) is 0 Å². The number of hydrogen-bond donors (Lipinski definition) is 2. The normalized spacial score (nSPS) is 29.6. The second-order valence-corrected chi connectivity index (χ2v) is 3.96. The Morgan fingerprint density at radius 3 is 2.27 bits per heavy atom. The standard InChI is InChI=1S/C11H11FO3/c12-8-3-1-7(2-4-8)11(10(14)15)5-9(13)6-11/h1-4,9,13H,5-6H2,(H,14,15). The van der Waals surface area contributed by atoms with Crippen molar-refractivity contribution in [2.24, 2.45) is 0 Å². The number of carboxylic acids is 1. The highest BCUT2D eigenvalue weighted by Gasteiger charge is 2.51. The zero-order chi connectivity index (χ0) is 11.1. The molecule has 1 aliphatic carbocycles. The fourth-order valence-corrected chi connectivity index (χ4v) is 2.05. The predicted molar refractivity (Wildman–Crippen MR) is 51.0 cm³/mol. The molecule has 4 heteroatoms. The fraction of sp³-hybridized carbons (Fsp3) is 0.364. The van der Waals surface area contributed by atoms with Gasteiger partial charge in [-0.15, -0.1) is 0 Å². The van der Waals surface area contributed by atoms with E-state index < -0.39 is 17.5 Å². The van der Waals surface area contributed by atoms with Crippen molar-refractivity contribution in [2.45, 2.75) is 24.4 Å². The van der Waals surface area contributed by atoms with Gasteiger partial charge in [0, 0.05) is 0 Å². The van der Waals surface area contributed by atoms with E-state index >= 15 is 0 Å². The van der Waals surface area contributed by atoms with E-state index in [9.17, 15) is 14.3 Å². The van der Waals surface area contributed by atoms with Gasteiger partial charge in [-0.1, -0.05) is 12.1 Å². The van der Waals surface area contributed by atoms with Crippen LogP contribution in [-0.2, 0) is 10.2 Å². The summed E-state index contributed by atoms with van der Waals surface area (Å²) in [6, 6.07) is 5.42. The van der Waals surface area contributed by atoms with Gasteiger partial charge in [0.15, 0.2) is 0 Å². The van der Waals surface area contributed by atoms with E-state index in [0.29, 0.717) is 5.56 Å². The van der Waals surface area contributed by atoms with Gasteiger partial charge in [-0.05, 0) is 30.5 Å². The molecule has 0 aromatic heterocycles. The zero-order valence-electron chi connectivity index (χ0n) is 7.98. The Hall–Kier alpha value is -1.42. The molecule has 0 bridgehead atoms. The summed E-state index contributed by atoms with van der Waals surface area (Å²) in [6.45, 7) is 0. The van der Waals surface area contributed by atoms with Crippen molar-refractivity contribution < 1.29 is 19.4 Å². The minimum atomic E-state index is -1.02. The predicted octanol–water partition coefficient (Wildman–Crippen LogP) is 1.30. The highest BCUT2D eigenvalue weighted by Crippen LogP contribution is 2.44. The average Bonchev–Trinajstić information content (AvgIpc) is 2.13. The average molecular weight is 210 g/mol. The number of halogens is 1. The molecule has 1 aromatic rings. The Morgan fingerprint density at radius 1 is 1.33 bits per heavy atom. The first-order chi connectivity index (χ1) is 7.04. The highest BCUT2D eigenvalue weighted by molar-refractivity contribution is 5.83. The molecular formula is C11H11FO3. The van der Waals surface area contributed by atoms with E-state index in [2.05, 4.69) is 0 Å². The third-order valence-corrected chi connectivity index (χ3v) is 2.97. The molecule has 0 radical (unpaired) electrons. The molecular weight excluding hydrogens is 199 g/mol. The summed E-state index contributed by atoms with van der Waals surface area (Å²) in [6.07, 6.45) is -0.159. The lowest BCUT2D eigenvalue weighted by molar-refractivity contribution is -0.152. The van der Waals surface area contributed by atoms with Crippen molar-refractivity contribution in [1.82, 2.24) is 0 Å². The van der Waals surface area contributed by atoms with Crippen LogP contribution in [0.15, 0.2) is 24.3 Å². The Bertz CT molecular complexity index is 379. The maximum Gasteiger partial charge on any atom is 0.314 e. The summed E-state index contributed by atoms with van der Waals surface area (Å²) in [7, 11) is 0. The van der Waals surface area contributed by atoms with Gasteiger partial charge in [0.05, 0.1) is 11.5 Å². The minimum absolute atomic E-state index is 0.202. The molecule has 2 N–H and O–H groups in total. The van der Waals surface area contributed by atoms with Gasteiger partial charge in [0.1, 0.15) is 5.82 Å². The van der Waals surface area contributed by atoms with Gasteiger partial charge in [0.2, 0.25) is 0 Å². The maximum atomic E-state index is 12.7. The molecule has 0 heterocycles. The molecule has 0 amide bonds. The van der Waals surface area contributed by atoms with Crippen LogP contribution in [0.4, 0.5) is 4.39 Å². The summed E-state index contributed by atoms with van der Waals surface area (Å²) in [4.78, 5) is 11.1. The van der Waals surface area contributed by atoms with Crippen molar-refractivity contribution in [3.05, 3.63) is 35.6 Å². The monoisotopic (exact) mass is 210 g/mol. The van der Waals surface area contributed by atoms with Crippen molar-refractivity contribution in [3.8, 4) is 0 Å². The van der Waals surface area contributed by atoms with Crippen molar-refractivity contribution in [1.29, 1.82) is 0 Å². The number of carbonyl (C=O) groups is 1. The highest BCUT2D eigenvalue weighted by atomic mass is 19.1. The van der Waals surface area contributed by atoms with Gasteiger partial charge >= 0.3 is 5.97 Å². The van der Waals surface area contributed by atoms with E-state index in [1.165, 1.54) is 24.3 Å². The van der Waals surface area contributed by atoms with Gasteiger partial charge in [-0.3, -0.25) is 4.79 Å². The van der Waals surface area contributed by atoms with E-state index in [0.717, 1.165) is 0 Å². The Labute approximate surface area is 86.2 Å². The zero-order valence-corrected chi connectivity index (χ0v) is 7.98. The summed E-state index contributed by atoms with van der Waals surface area (Å²) in [5.74, 6) is -1.35. The SMILES string of the molecule is O=C(O)C1(c2ccc(F)cc2)CC(O)C1. The third kappa shape index (κ3) is 1.51. The smallest absolute Gasteiger partial charge is 0.314 e. The Kier molecular flexibility index (Phi) is 2.23. The summed E-state index contributed by atoms with van der Waals surface area (Å²) < 4.78 is 12.7. The second kappa shape index (κ2) is 3.31. The first kappa shape index (κ1) is 10.1. The summed E-state index contributed by atoms with van der Waals surface area (Å²) >= 11 is 0. The first-order valence-corrected chi connectivity index (χ1v) is 4.72. The lowest BCUT2D eigenvalue weighted by Gasteiger charge is -2.42. The van der Waals surface area contributed by atoms with Crippen LogP contribution in [0, 0.1) is 5.82 Å². The Balaban J connectivity index is 2.34. The number of aliphatic carboxylic acids is 1. The lowest BCUT2D eigenvalue weighted by atomic mass is 9.63. The molecule has 1 aromatic carbocycles. The van der Waals surface area contributed by atoms with Gasteiger partial charge in [-0.2, -0.15) is 0 Å². The second-order valence-electron chi connectivity index (χ2n) is 3.96. The molecule has 1 aliphatic rings. The number of aliphatic hydroxyl groups is 1. The number of benzene rings is 1. The van der Waals surface area contributed by atoms with E-state index in [-0.39, 0.29) is 18.7 Å². The number of carboxylic acid groups (broad SMARTS) is 1. The third-order valence-electron chi connectivity index (χ3n) is 2.97. The molecule has 15 heavy (non-hydrogen) atoms. The van der Waals surface area contributed by atoms with Crippen LogP contribution in [0.5, 0.6) is 0 Å². The molecule has 80 valence electrons. The topological polar surface area (TPSA) is 57.5 Å². The van der Waals surface area contributed by atoms with Crippen LogP contribution in [0.1, 0.15) is 18.4 Å². The number of rotatable bonds is 2. The molecule has 2 rings (SSSR count). The first-order valence-electron chi connectivity index (χ1n) is 4.72. The van der Waals surface area contributed by atoms with E-state index in [4.69, 9.17) is 5.11 Å². The van der Waals surface area contributed by atoms with Crippen LogP contribution in [-0.4, -0.2) is 22.3 Å². The molecule has 0 aliphatic heterocycles. The van der Waals surface area contributed by atoms with Gasteiger partial charge < -0.3 is 10.2 Å². The molecule has 1 fully saturated rings. The molecule has 1 saturated carbocycles. The van der Waals surface area contributed by atoms with Gasteiger partial charge in [0.25, 0.3) is 0 Å². The molecule has 0 saturated heterocycles. The van der Waals surface area contributed by atoms with Crippen molar-refractivity contribution >= 4 is 5.97 Å². The summed E-state index contributed by atoms with van der Waals surface area (Å²) in [5.41, 5.74) is -0.464. The van der Waals surface area contributed by atoms with Crippen molar-refractivity contribution in [3.63, 3.8) is 0 Å². The van der Waals surface area contributed by atoms with Crippen LogP contribution < -0.4 is 0 Å². The largest absolute Gasteiger partial charge is 0.481 e. The van der Waals surface area contributed by atoms with Crippen LogP contribution in [0.2, 0.25) is 0 Å². The van der Waals surface area contributed by atoms with E-state index in [1.54, 1.807) is 0 Å². The quantitative estimate of drug-likeness (QED) is 0.773. The molecule has 0 unspecified atom stereocenters. The number of aliphatic hydroxyl groups excluding tert-OH is 1. The minimum Gasteiger partial charge on any atom is -0.481 e. The van der Waals surface area contributed by atoms with Gasteiger partial charge in [-0.25, -0.2) is 4.39 Å². The van der Waals surface area contributed by atoms with E-state index in [1.807, 2.05) is 0 Å². The van der Waals surface area contributed by atoms with Crippen molar-refractivity contribution in [2.75, 3.05) is 0 Å². The maximum absolute atomic E-state index is 12.7. The van der Waals surface area contributed by atoms with Crippen LogP contribution >= 0.6 is 0 Å². The molecule has 0 spiro atoms. The number of hydrogen-bond acceptors (Lipinski definition) is 2. The lowest BCUT2D eigenvalue weighted by Crippen LogP contribution is -2.50. The van der Waals surface area contributed by atoms with Crippen LogP contribution in [0.3, 0.4) is 0 Å².